The van der Waals surface area contributed by atoms with Crippen LogP contribution in [-0.4, -0.2) is 33.0 Å². The minimum atomic E-state index is -1.05. The Kier molecular flexibility index (Phi) is 3.27. The number of hydrogen-bond acceptors (Lipinski definition) is 4. The van der Waals surface area contributed by atoms with Gasteiger partial charge in [-0.1, -0.05) is 24.3 Å². The highest BCUT2D eigenvalue weighted by molar-refractivity contribution is 6.62. The van der Waals surface area contributed by atoms with Crippen LogP contribution in [0.25, 0.3) is 0 Å². The molecule has 1 saturated heterocycles. The largest absolute Gasteiger partial charge is 0.494 e. The SMILES string of the molecule is CC1(C)OB(c2cccc([C@]3(O)CCn4ccnc43)c2)OC1(C)C. The lowest BCUT2D eigenvalue weighted by Crippen LogP contribution is -2.41. The van der Waals surface area contributed by atoms with Crippen molar-refractivity contribution in [3.05, 3.63) is 48.0 Å². The number of nitrogens with zero attached hydrogens (tertiary/aromatic N) is 2. The van der Waals surface area contributed by atoms with Crippen LogP contribution in [0.2, 0.25) is 0 Å². The second-order valence-electron chi connectivity index (χ2n) is 7.77. The smallest absolute Gasteiger partial charge is 0.399 e. The Balaban J connectivity index is 1.69. The van der Waals surface area contributed by atoms with E-state index in [-0.39, 0.29) is 11.2 Å². The molecule has 3 heterocycles. The monoisotopic (exact) mass is 326 g/mol. The third-order valence-corrected chi connectivity index (χ3v) is 5.69. The minimum absolute atomic E-state index is 0.381. The van der Waals surface area contributed by atoms with E-state index in [0.717, 1.165) is 17.6 Å². The van der Waals surface area contributed by atoms with Crippen LogP contribution in [0, 0.1) is 0 Å². The summed E-state index contributed by atoms with van der Waals surface area (Å²) >= 11 is 0. The number of aromatic nitrogens is 2. The fourth-order valence-electron chi connectivity index (χ4n) is 3.44. The van der Waals surface area contributed by atoms with Gasteiger partial charge in [-0.2, -0.15) is 0 Å². The molecule has 0 radical (unpaired) electrons. The molecule has 1 N–H and O–H groups in total. The van der Waals surface area contributed by atoms with Crippen LogP contribution in [-0.2, 0) is 21.5 Å². The average Bonchev–Trinajstić information content (AvgIpc) is 3.16. The highest BCUT2D eigenvalue weighted by atomic mass is 16.7. The summed E-state index contributed by atoms with van der Waals surface area (Å²) in [5.74, 6) is 0.702. The van der Waals surface area contributed by atoms with Crippen LogP contribution in [0.15, 0.2) is 36.7 Å². The first-order valence-corrected chi connectivity index (χ1v) is 8.43. The summed E-state index contributed by atoms with van der Waals surface area (Å²) in [6, 6.07) is 7.85. The lowest BCUT2D eigenvalue weighted by Gasteiger charge is -2.32. The van der Waals surface area contributed by atoms with E-state index in [1.54, 1.807) is 6.20 Å². The Hall–Kier alpha value is -1.63. The maximum Gasteiger partial charge on any atom is 0.494 e. The summed E-state index contributed by atoms with van der Waals surface area (Å²) in [6.07, 6.45) is 4.27. The molecule has 0 bridgehead atoms. The van der Waals surface area contributed by atoms with Crippen LogP contribution >= 0.6 is 0 Å². The lowest BCUT2D eigenvalue weighted by molar-refractivity contribution is 0.00578. The molecule has 4 rings (SSSR count). The molecule has 2 aromatic rings. The molecule has 2 aliphatic heterocycles. The van der Waals surface area contributed by atoms with Gasteiger partial charge < -0.3 is 19.0 Å². The van der Waals surface area contributed by atoms with E-state index in [4.69, 9.17) is 9.31 Å². The molecule has 0 saturated carbocycles. The Bertz CT molecular complexity index is 770. The van der Waals surface area contributed by atoms with Crippen molar-refractivity contribution in [2.75, 3.05) is 0 Å². The summed E-state index contributed by atoms with van der Waals surface area (Å²) < 4.78 is 14.3. The number of benzene rings is 1. The van der Waals surface area contributed by atoms with Gasteiger partial charge in [0.1, 0.15) is 11.4 Å². The van der Waals surface area contributed by atoms with Gasteiger partial charge in [-0.05, 0) is 38.7 Å². The zero-order valence-electron chi connectivity index (χ0n) is 14.6. The van der Waals surface area contributed by atoms with E-state index in [0.29, 0.717) is 12.2 Å². The topological polar surface area (TPSA) is 56.5 Å². The first-order chi connectivity index (χ1) is 11.2. The summed E-state index contributed by atoms with van der Waals surface area (Å²) in [5, 5.41) is 11.2. The molecule has 1 aromatic carbocycles. The summed E-state index contributed by atoms with van der Waals surface area (Å²) in [5.41, 5.74) is -0.0600. The van der Waals surface area contributed by atoms with Crippen LogP contribution < -0.4 is 5.46 Å². The van der Waals surface area contributed by atoms with Gasteiger partial charge in [-0.3, -0.25) is 0 Å². The lowest BCUT2D eigenvalue weighted by atomic mass is 9.76. The molecular weight excluding hydrogens is 303 g/mol. The molecule has 0 aliphatic carbocycles. The molecule has 1 atom stereocenters. The van der Waals surface area contributed by atoms with Gasteiger partial charge >= 0.3 is 7.12 Å². The van der Waals surface area contributed by atoms with Gasteiger partial charge in [0.25, 0.3) is 0 Å². The van der Waals surface area contributed by atoms with E-state index in [9.17, 15) is 5.11 Å². The van der Waals surface area contributed by atoms with Gasteiger partial charge in [0, 0.05) is 25.4 Å². The fourth-order valence-corrected chi connectivity index (χ4v) is 3.44. The van der Waals surface area contributed by atoms with Gasteiger partial charge in [0.2, 0.25) is 0 Å². The third-order valence-electron chi connectivity index (χ3n) is 5.69. The van der Waals surface area contributed by atoms with Crippen LogP contribution in [0.1, 0.15) is 45.5 Å². The third kappa shape index (κ3) is 2.17. The molecule has 0 amide bonds. The fraction of sp³-hybridized carbons (Fsp3) is 0.500. The molecular formula is C18H23BN2O3. The quantitative estimate of drug-likeness (QED) is 0.856. The maximum atomic E-state index is 11.2. The van der Waals surface area contributed by atoms with E-state index < -0.39 is 12.7 Å². The Morgan fingerprint density at radius 1 is 1.17 bits per heavy atom. The predicted octanol–water partition coefficient (Wildman–Crippen LogP) is 1.82. The van der Waals surface area contributed by atoms with Crippen molar-refractivity contribution in [3.8, 4) is 0 Å². The molecule has 0 unspecified atom stereocenters. The van der Waals surface area contributed by atoms with Gasteiger partial charge in [-0.15, -0.1) is 0 Å². The van der Waals surface area contributed by atoms with Crippen molar-refractivity contribution in [2.24, 2.45) is 0 Å². The van der Waals surface area contributed by atoms with Gasteiger partial charge in [0.15, 0.2) is 0 Å². The molecule has 1 fully saturated rings. The zero-order valence-corrected chi connectivity index (χ0v) is 14.6. The van der Waals surface area contributed by atoms with Crippen molar-refractivity contribution in [1.29, 1.82) is 0 Å². The number of aryl methyl sites for hydroxylation is 1. The number of rotatable bonds is 2. The highest BCUT2D eigenvalue weighted by Crippen LogP contribution is 2.39. The number of hydrogen-bond donors (Lipinski definition) is 1. The summed E-state index contributed by atoms with van der Waals surface area (Å²) in [7, 11) is -0.431. The molecule has 6 heteroatoms. The summed E-state index contributed by atoms with van der Waals surface area (Å²) in [4.78, 5) is 4.35. The van der Waals surface area contributed by atoms with Crippen molar-refractivity contribution < 1.29 is 14.4 Å². The van der Waals surface area contributed by atoms with Gasteiger partial charge in [-0.25, -0.2) is 4.98 Å². The molecule has 2 aliphatic rings. The molecule has 24 heavy (non-hydrogen) atoms. The molecule has 126 valence electrons. The zero-order chi connectivity index (χ0) is 17.2. The Morgan fingerprint density at radius 3 is 2.58 bits per heavy atom. The summed E-state index contributed by atoms with van der Waals surface area (Å²) in [6.45, 7) is 8.93. The Labute approximate surface area is 142 Å². The van der Waals surface area contributed by atoms with E-state index in [1.165, 1.54) is 0 Å². The molecule has 1 aromatic heterocycles. The first-order valence-electron chi connectivity index (χ1n) is 8.43. The Morgan fingerprint density at radius 2 is 1.88 bits per heavy atom. The van der Waals surface area contributed by atoms with Crippen LogP contribution in [0.5, 0.6) is 0 Å². The molecule has 0 spiro atoms. The van der Waals surface area contributed by atoms with E-state index in [1.807, 2.05) is 62.7 Å². The number of aliphatic hydroxyl groups is 1. The van der Waals surface area contributed by atoms with Crippen molar-refractivity contribution in [3.63, 3.8) is 0 Å². The highest BCUT2D eigenvalue weighted by Gasteiger charge is 2.52. The predicted molar refractivity (Wildman–Crippen MR) is 92.0 cm³/mol. The van der Waals surface area contributed by atoms with Crippen molar-refractivity contribution >= 4 is 12.6 Å². The van der Waals surface area contributed by atoms with E-state index >= 15 is 0 Å². The number of imidazole rings is 1. The normalized spacial score (nSPS) is 27.5. The second-order valence-corrected chi connectivity index (χ2v) is 7.77. The maximum absolute atomic E-state index is 11.2. The van der Waals surface area contributed by atoms with Crippen LogP contribution in [0.4, 0.5) is 0 Å². The average molecular weight is 326 g/mol. The minimum Gasteiger partial charge on any atom is -0.399 e. The van der Waals surface area contributed by atoms with Gasteiger partial charge in [0.05, 0.1) is 11.2 Å². The standard InChI is InChI=1S/C18H23BN2O3/c1-16(2)17(3,4)24-19(23-16)14-7-5-6-13(12-14)18(22)8-10-21-11-9-20-15(18)21/h5-7,9,11-12,22H,8,10H2,1-4H3/t18-/m1/s1. The molecule has 5 nitrogen and oxygen atoms in total. The van der Waals surface area contributed by atoms with E-state index in [2.05, 4.69) is 4.98 Å². The van der Waals surface area contributed by atoms with Crippen molar-refractivity contribution in [1.82, 2.24) is 9.55 Å². The second kappa shape index (κ2) is 4.94. The van der Waals surface area contributed by atoms with Crippen molar-refractivity contribution in [2.45, 2.75) is 57.5 Å². The first kappa shape index (κ1) is 15.9. The number of fused-ring (bicyclic) bond motifs is 1. The van der Waals surface area contributed by atoms with Crippen LogP contribution in [0.3, 0.4) is 0 Å².